The van der Waals surface area contributed by atoms with Crippen molar-refractivity contribution in [3.05, 3.63) is 86.3 Å². The van der Waals surface area contributed by atoms with Gasteiger partial charge >= 0.3 is 0 Å². The summed E-state index contributed by atoms with van der Waals surface area (Å²) in [5.41, 5.74) is 2.86. The van der Waals surface area contributed by atoms with Crippen LogP contribution in [0, 0.1) is 0 Å². The molecule has 0 aliphatic carbocycles. The summed E-state index contributed by atoms with van der Waals surface area (Å²) in [7, 11) is 1.62. The molecule has 6 heteroatoms. The third-order valence-electron chi connectivity index (χ3n) is 3.98. The summed E-state index contributed by atoms with van der Waals surface area (Å²) in [6.45, 7) is 0.907. The van der Waals surface area contributed by atoms with E-state index in [0.29, 0.717) is 28.1 Å². The van der Waals surface area contributed by atoms with Gasteiger partial charge in [0.15, 0.2) is 11.5 Å². The highest BCUT2D eigenvalue weighted by atomic mass is 79.9. The number of benzene rings is 3. The molecule has 27 heavy (non-hydrogen) atoms. The van der Waals surface area contributed by atoms with Crippen molar-refractivity contribution in [3.63, 3.8) is 0 Å². The highest BCUT2D eigenvalue weighted by Gasteiger charge is 2.14. The molecular formula is C21H18BrCl2NO2. The van der Waals surface area contributed by atoms with Crippen LogP contribution >= 0.6 is 39.1 Å². The largest absolute Gasteiger partial charge is 0.493 e. The lowest BCUT2D eigenvalue weighted by Crippen LogP contribution is -2.03. The van der Waals surface area contributed by atoms with Crippen molar-refractivity contribution >= 4 is 44.8 Å². The maximum atomic E-state index is 6.22. The van der Waals surface area contributed by atoms with E-state index in [2.05, 4.69) is 21.2 Å². The van der Waals surface area contributed by atoms with Gasteiger partial charge in [-0.15, -0.1) is 0 Å². The van der Waals surface area contributed by atoms with Gasteiger partial charge in [-0.25, -0.2) is 0 Å². The Morgan fingerprint density at radius 2 is 1.67 bits per heavy atom. The van der Waals surface area contributed by atoms with Crippen molar-refractivity contribution in [2.75, 3.05) is 12.4 Å². The number of hydrogen-bond acceptors (Lipinski definition) is 3. The van der Waals surface area contributed by atoms with Crippen molar-refractivity contribution < 1.29 is 9.47 Å². The normalized spacial score (nSPS) is 10.5. The third kappa shape index (κ3) is 5.10. The van der Waals surface area contributed by atoms with Crippen LogP contribution in [0.15, 0.2) is 65.1 Å². The Kier molecular flexibility index (Phi) is 6.89. The van der Waals surface area contributed by atoms with E-state index >= 15 is 0 Å². The van der Waals surface area contributed by atoms with Gasteiger partial charge in [0.1, 0.15) is 6.61 Å². The van der Waals surface area contributed by atoms with Crippen LogP contribution in [0.1, 0.15) is 11.1 Å². The predicted molar refractivity (Wildman–Crippen MR) is 115 cm³/mol. The van der Waals surface area contributed by atoms with Gasteiger partial charge < -0.3 is 14.8 Å². The number of rotatable bonds is 7. The smallest absolute Gasteiger partial charge is 0.175 e. The average Bonchev–Trinajstić information content (AvgIpc) is 2.67. The Hall–Kier alpha value is -1.88. The zero-order valence-electron chi connectivity index (χ0n) is 14.6. The van der Waals surface area contributed by atoms with Crippen molar-refractivity contribution in [1.29, 1.82) is 0 Å². The second kappa shape index (κ2) is 9.36. The second-order valence-corrected chi connectivity index (χ2v) is 7.49. The van der Waals surface area contributed by atoms with Gasteiger partial charge in [0.05, 0.1) is 11.6 Å². The van der Waals surface area contributed by atoms with Gasteiger partial charge in [-0.3, -0.25) is 0 Å². The van der Waals surface area contributed by atoms with Gasteiger partial charge in [-0.2, -0.15) is 0 Å². The quantitative estimate of drug-likeness (QED) is 0.408. The summed E-state index contributed by atoms with van der Waals surface area (Å²) >= 11 is 16.0. The summed E-state index contributed by atoms with van der Waals surface area (Å²) < 4.78 is 12.3. The molecule has 1 N–H and O–H groups in total. The highest BCUT2D eigenvalue weighted by molar-refractivity contribution is 9.10. The first kappa shape index (κ1) is 19.9. The predicted octanol–water partition coefficient (Wildman–Crippen LogP) is 6.96. The Balaban J connectivity index is 1.76. The van der Waals surface area contributed by atoms with Crippen molar-refractivity contribution in [3.8, 4) is 11.5 Å². The Labute approximate surface area is 177 Å². The van der Waals surface area contributed by atoms with Gasteiger partial charge in [0.25, 0.3) is 0 Å². The summed E-state index contributed by atoms with van der Waals surface area (Å²) in [5.74, 6) is 1.24. The zero-order chi connectivity index (χ0) is 19.2. The van der Waals surface area contributed by atoms with Gasteiger partial charge in [-0.05, 0) is 57.9 Å². The minimum absolute atomic E-state index is 0.245. The first-order valence-corrected chi connectivity index (χ1v) is 9.84. The van der Waals surface area contributed by atoms with Crippen molar-refractivity contribution in [2.45, 2.75) is 13.2 Å². The van der Waals surface area contributed by atoms with E-state index in [1.165, 1.54) is 0 Å². The summed E-state index contributed by atoms with van der Waals surface area (Å²) in [4.78, 5) is 0. The minimum Gasteiger partial charge on any atom is -0.493 e. The first-order valence-electron chi connectivity index (χ1n) is 8.29. The molecule has 3 aromatic rings. The topological polar surface area (TPSA) is 30.5 Å². The summed E-state index contributed by atoms with van der Waals surface area (Å²) in [5, 5.41) is 4.52. The molecule has 0 saturated carbocycles. The standard InChI is InChI=1S/C21H18BrCl2NO2/c1-26-20-11-14(12-25-15-6-3-2-4-7-15)10-17(22)21(20)27-13-16-18(23)8-5-9-19(16)24/h2-11,25H,12-13H2,1H3. The van der Waals surface area contributed by atoms with Crippen LogP contribution in [0.2, 0.25) is 10.0 Å². The number of hydrogen-bond donors (Lipinski definition) is 1. The minimum atomic E-state index is 0.245. The summed E-state index contributed by atoms with van der Waals surface area (Å²) in [6, 6.07) is 19.4. The third-order valence-corrected chi connectivity index (χ3v) is 5.28. The van der Waals surface area contributed by atoms with E-state index in [4.69, 9.17) is 32.7 Å². The maximum absolute atomic E-state index is 6.22. The first-order chi connectivity index (χ1) is 13.1. The lowest BCUT2D eigenvalue weighted by molar-refractivity contribution is 0.282. The molecule has 0 atom stereocenters. The van der Waals surface area contributed by atoms with Crippen molar-refractivity contribution in [2.24, 2.45) is 0 Å². The Bertz CT molecular complexity index is 899. The van der Waals surface area contributed by atoms with Gasteiger partial charge in [0, 0.05) is 27.8 Å². The molecular weight excluding hydrogens is 449 g/mol. The molecule has 0 aliphatic rings. The number of para-hydroxylation sites is 1. The van der Waals surface area contributed by atoms with E-state index in [9.17, 15) is 0 Å². The molecule has 0 spiro atoms. The Morgan fingerprint density at radius 1 is 0.963 bits per heavy atom. The highest BCUT2D eigenvalue weighted by Crippen LogP contribution is 2.38. The molecule has 0 aromatic heterocycles. The monoisotopic (exact) mass is 465 g/mol. The number of methoxy groups -OCH3 is 1. The number of ether oxygens (including phenoxy) is 2. The molecule has 0 unspecified atom stereocenters. The summed E-state index contributed by atoms with van der Waals surface area (Å²) in [6.07, 6.45) is 0. The lowest BCUT2D eigenvalue weighted by Gasteiger charge is -2.16. The second-order valence-electron chi connectivity index (χ2n) is 5.82. The van der Waals surface area contributed by atoms with Crippen LogP contribution in [-0.2, 0) is 13.2 Å². The molecule has 0 saturated heterocycles. The van der Waals surface area contributed by atoms with E-state index in [1.807, 2.05) is 42.5 Å². The van der Waals surface area contributed by atoms with E-state index in [0.717, 1.165) is 21.3 Å². The molecule has 0 heterocycles. The number of nitrogens with one attached hydrogen (secondary N) is 1. The molecule has 3 aromatic carbocycles. The van der Waals surface area contributed by atoms with Crippen LogP contribution in [0.25, 0.3) is 0 Å². The van der Waals surface area contributed by atoms with Gasteiger partial charge in [-0.1, -0.05) is 47.5 Å². The van der Waals surface area contributed by atoms with Crippen LogP contribution in [0.5, 0.6) is 11.5 Å². The molecule has 0 fully saturated rings. The molecule has 140 valence electrons. The van der Waals surface area contributed by atoms with Gasteiger partial charge in [0.2, 0.25) is 0 Å². The van der Waals surface area contributed by atoms with Crippen molar-refractivity contribution in [1.82, 2.24) is 0 Å². The van der Waals surface area contributed by atoms with E-state index in [1.54, 1.807) is 25.3 Å². The molecule has 3 nitrogen and oxygen atoms in total. The molecule has 3 rings (SSSR count). The fourth-order valence-electron chi connectivity index (χ4n) is 2.59. The molecule has 0 aliphatic heterocycles. The average molecular weight is 467 g/mol. The fourth-order valence-corrected chi connectivity index (χ4v) is 3.70. The number of anilines is 1. The Morgan fingerprint density at radius 3 is 2.33 bits per heavy atom. The van der Waals surface area contributed by atoms with Crippen LogP contribution in [-0.4, -0.2) is 7.11 Å². The van der Waals surface area contributed by atoms with E-state index < -0.39 is 0 Å². The number of halogens is 3. The van der Waals surface area contributed by atoms with E-state index in [-0.39, 0.29) is 6.61 Å². The van der Waals surface area contributed by atoms with Crippen LogP contribution in [0.3, 0.4) is 0 Å². The van der Waals surface area contributed by atoms with Crippen LogP contribution < -0.4 is 14.8 Å². The fraction of sp³-hybridized carbons (Fsp3) is 0.143. The molecule has 0 radical (unpaired) electrons. The SMILES string of the molecule is COc1cc(CNc2ccccc2)cc(Br)c1OCc1c(Cl)cccc1Cl. The lowest BCUT2D eigenvalue weighted by atomic mass is 10.2. The zero-order valence-corrected chi connectivity index (χ0v) is 17.7. The molecule has 0 bridgehead atoms. The molecule has 0 amide bonds. The van der Waals surface area contributed by atoms with Crippen LogP contribution in [0.4, 0.5) is 5.69 Å². The maximum Gasteiger partial charge on any atom is 0.175 e.